The Morgan fingerprint density at radius 1 is 1.19 bits per heavy atom. The van der Waals surface area contributed by atoms with E-state index in [1.807, 2.05) is 18.2 Å². The van der Waals surface area contributed by atoms with E-state index in [4.69, 9.17) is 33.7 Å². The lowest BCUT2D eigenvalue weighted by atomic mass is 10.0. The summed E-state index contributed by atoms with van der Waals surface area (Å²) in [5.41, 5.74) is 7.16. The molecule has 0 bridgehead atoms. The van der Waals surface area contributed by atoms with E-state index in [9.17, 15) is 0 Å². The molecule has 3 nitrogen and oxygen atoms in total. The zero-order valence-electron chi connectivity index (χ0n) is 13.1. The third-order valence-electron chi connectivity index (χ3n) is 3.92. The Labute approximate surface area is 138 Å². The number of halogens is 2. The van der Waals surface area contributed by atoms with Crippen LogP contribution in [-0.2, 0) is 4.74 Å². The molecule has 0 aromatic heterocycles. The van der Waals surface area contributed by atoms with Gasteiger partial charge in [0.15, 0.2) is 0 Å². The Morgan fingerprint density at radius 2 is 1.86 bits per heavy atom. The van der Waals surface area contributed by atoms with Crippen LogP contribution in [0.15, 0.2) is 18.2 Å². The molecule has 1 aromatic carbocycles. The lowest BCUT2D eigenvalue weighted by molar-refractivity contribution is 0.0817. The summed E-state index contributed by atoms with van der Waals surface area (Å²) in [7, 11) is 1.72. The normalized spacial score (nSPS) is 13.1. The van der Waals surface area contributed by atoms with Gasteiger partial charge in [0.05, 0.1) is 16.7 Å². The molecule has 21 heavy (non-hydrogen) atoms. The second-order valence-corrected chi connectivity index (χ2v) is 5.94. The number of hydrogen-bond acceptors (Lipinski definition) is 3. The predicted octanol–water partition coefficient (Wildman–Crippen LogP) is 4.13. The van der Waals surface area contributed by atoms with E-state index in [1.54, 1.807) is 7.11 Å². The number of ether oxygens (including phenoxy) is 1. The lowest BCUT2D eigenvalue weighted by Crippen LogP contribution is -2.42. The number of methoxy groups -OCH3 is 1. The zero-order chi connectivity index (χ0) is 15.8. The second kappa shape index (κ2) is 9.65. The van der Waals surface area contributed by atoms with E-state index in [-0.39, 0.29) is 6.04 Å². The molecule has 120 valence electrons. The van der Waals surface area contributed by atoms with Gasteiger partial charge in [-0.25, -0.2) is 0 Å². The molecule has 0 saturated carbocycles. The van der Waals surface area contributed by atoms with E-state index < -0.39 is 0 Å². The zero-order valence-corrected chi connectivity index (χ0v) is 14.6. The van der Waals surface area contributed by atoms with Crippen molar-refractivity contribution in [3.8, 4) is 0 Å². The minimum absolute atomic E-state index is 0.125. The highest BCUT2D eigenvalue weighted by Gasteiger charge is 2.25. The van der Waals surface area contributed by atoms with Crippen molar-refractivity contribution >= 4 is 23.2 Å². The topological polar surface area (TPSA) is 38.5 Å². The molecular formula is C16H26Cl2N2O. The third kappa shape index (κ3) is 5.11. The van der Waals surface area contributed by atoms with Crippen molar-refractivity contribution in [1.29, 1.82) is 0 Å². The number of nitrogens with zero attached hydrogens (tertiary/aromatic N) is 1. The molecular weight excluding hydrogens is 307 g/mol. The van der Waals surface area contributed by atoms with E-state index in [1.165, 1.54) is 0 Å². The number of hydrogen-bond donors (Lipinski definition) is 1. The summed E-state index contributed by atoms with van der Waals surface area (Å²) in [4.78, 5) is 2.42. The van der Waals surface area contributed by atoms with Crippen LogP contribution in [0.4, 0.5) is 0 Å². The highest BCUT2D eigenvalue weighted by atomic mass is 35.5. The second-order valence-electron chi connectivity index (χ2n) is 5.13. The molecule has 0 aliphatic carbocycles. The van der Waals surface area contributed by atoms with Crippen molar-refractivity contribution in [2.24, 2.45) is 5.73 Å². The van der Waals surface area contributed by atoms with Crippen LogP contribution in [0.5, 0.6) is 0 Å². The molecule has 0 amide bonds. The van der Waals surface area contributed by atoms with Gasteiger partial charge in [0, 0.05) is 32.3 Å². The summed E-state index contributed by atoms with van der Waals surface area (Å²) < 4.78 is 5.26. The predicted molar refractivity (Wildman–Crippen MR) is 91.2 cm³/mol. The fourth-order valence-electron chi connectivity index (χ4n) is 2.73. The van der Waals surface area contributed by atoms with Gasteiger partial charge in [-0.3, -0.25) is 4.90 Å². The number of nitrogens with two attached hydrogens (primary N) is 1. The van der Waals surface area contributed by atoms with E-state index in [0.717, 1.165) is 24.9 Å². The SMILES string of the molecule is CCC(CC)N(CCOC)C(CN)c1ccc(Cl)c(Cl)c1. The molecule has 1 unspecified atom stereocenters. The summed E-state index contributed by atoms with van der Waals surface area (Å²) in [5.74, 6) is 0. The Bertz CT molecular complexity index is 425. The minimum Gasteiger partial charge on any atom is -0.383 e. The van der Waals surface area contributed by atoms with Crippen LogP contribution in [-0.4, -0.2) is 37.7 Å². The van der Waals surface area contributed by atoms with Crippen LogP contribution in [0.25, 0.3) is 0 Å². The van der Waals surface area contributed by atoms with Gasteiger partial charge >= 0.3 is 0 Å². The van der Waals surface area contributed by atoms with Crippen molar-refractivity contribution in [2.75, 3.05) is 26.8 Å². The van der Waals surface area contributed by atoms with Crippen LogP contribution in [0.2, 0.25) is 10.0 Å². The van der Waals surface area contributed by atoms with Gasteiger partial charge < -0.3 is 10.5 Å². The molecule has 1 aromatic rings. The van der Waals surface area contributed by atoms with Crippen LogP contribution in [0, 0.1) is 0 Å². The van der Waals surface area contributed by atoms with E-state index >= 15 is 0 Å². The Kier molecular flexibility index (Phi) is 8.60. The maximum Gasteiger partial charge on any atom is 0.0595 e. The average Bonchev–Trinajstić information content (AvgIpc) is 2.49. The highest BCUT2D eigenvalue weighted by Crippen LogP contribution is 2.30. The Hall–Kier alpha value is -0.320. The molecule has 0 spiro atoms. The van der Waals surface area contributed by atoms with Gasteiger partial charge in [-0.1, -0.05) is 43.1 Å². The first-order chi connectivity index (χ1) is 10.1. The summed E-state index contributed by atoms with van der Waals surface area (Å²) in [6.07, 6.45) is 2.16. The smallest absolute Gasteiger partial charge is 0.0595 e. The van der Waals surface area contributed by atoms with Crippen molar-refractivity contribution < 1.29 is 4.74 Å². The summed E-state index contributed by atoms with van der Waals surface area (Å²) in [6.45, 7) is 6.49. The van der Waals surface area contributed by atoms with Crippen molar-refractivity contribution in [2.45, 2.75) is 38.8 Å². The maximum absolute atomic E-state index is 6.16. The molecule has 5 heteroatoms. The fourth-order valence-corrected chi connectivity index (χ4v) is 3.04. The van der Waals surface area contributed by atoms with Gasteiger partial charge in [0.1, 0.15) is 0 Å². The van der Waals surface area contributed by atoms with Crippen LogP contribution in [0.3, 0.4) is 0 Å². The Morgan fingerprint density at radius 3 is 2.33 bits per heavy atom. The van der Waals surface area contributed by atoms with Gasteiger partial charge in [0.25, 0.3) is 0 Å². The molecule has 0 aliphatic heterocycles. The summed E-state index contributed by atoms with van der Waals surface area (Å²) in [6, 6.07) is 6.36. The summed E-state index contributed by atoms with van der Waals surface area (Å²) >= 11 is 12.2. The van der Waals surface area contributed by atoms with E-state index in [2.05, 4.69) is 18.7 Å². The molecule has 1 atom stereocenters. The Balaban J connectivity index is 3.06. The maximum atomic E-state index is 6.16. The summed E-state index contributed by atoms with van der Waals surface area (Å²) in [5, 5.41) is 1.14. The number of benzene rings is 1. The third-order valence-corrected chi connectivity index (χ3v) is 4.66. The molecule has 0 heterocycles. The quantitative estimate of drug-likeness (QED) is 0.738. The van der Waals surface area contributed by atoms with Crippen LogP contribution < -0.4 is 5.73 Å². The molecule has 0 radical (unpaired) electrons. The average molecular weight is 333 g/mol. The molecule has 0 saturated heterocycles. The minimum atomic E-state index is 0.125. The van der Waals surface area contributed by atoms with Crippen molar-refractivity contribution in [1.82, 2.24) is 4.90 Å². The molecule has 0 aliphatic rings. The van der Waals surface area contributed by atoms with Crippen molar-refractivity contribution in [3.63, 3.8) is 0 Å². The molecule has 1 rings (SSSR count). The highest BCUT2D eigenvalue weighted by molar-refractivity contribution is 6.42. The number of rotatable bonds is 9. The van der Waals surface area contributed by atoms with Gasteiger partial charge in [0.2, 0.25) is 0 Å². The largest absolute Gasteiger partial charge is 0.383 e. The van der Waals surface area contributed by atoms with E-state index in [0.29, 0.717) is 29.2 Å². The van der Waals surface area contributed by atoms with Crippen molar-refractivity contribution in [3.05, 3.63) is 33.8 Å². The van der Waals surface area contributed by atoms with Gasteiger partial charge in [-0.15, -0.1) is 0 Å². The van der Waals surface area contributed by atoms with Crippen LogP contribution in [0.1, 0.15) is 38.3 Å². The first-order valence-corrected chi connectivity index (χ1v) is 8.24. The lowest BCUT2D eigenvalue weighted by Gasteiger charge is -2.37. The fraction of sp³-hybridized carbons (Fsp3) is 0.625. The first-order valence-electron chi connectivity index (χ1n) is 7.48. The monoisotopic (exact) mass is 332 g/mol. The molecule has 0 fully saturated rings. The van der Waals surface area contributed by atoms with Crippen LogP contribution >= 0.6 is 23.2 Å². The standard InChI is InChI=1S/C16H26Cl2N2O/c1-4-13(5-2)20(8-9-21-3)16(11-19)12-6-7-14(17)15(18)10-12/h6-7,10,13,16H,4-5,8-9,11,19H2,1-3H3. The van der Waals surface area contributed by atoms with Gasteiger partial charge in [-0.2, -0.15) is 0 Å². The van der Waals surface area contributed by atoms with Gasteiger partial charge in [-0.05, 0) is 30.5 Å². The molecule has 2 N–H and O–H groups in total. The first kappa shape index (κ1) is 18.7.